The average molecular weight is 410 g/mol. The van der Waals surface area contributed by atoms with Crippen LogP contribution in [0.2, 0.25) is 0 Å². The van der Waals surface area contributed by atoms with Crippen molar-refractivity contribution in [1.29, 1.82) is 0 Å². The summed E-state index contributed by atoms with van der Waals surface area (Å²) in [5, 5.41) is 0. The van der Waals surface area contributed by atoms with E-state index >= 15 is 0 Å². The monoisotopic (exact) mass is 408 g/mol. The Morgan fingerprint density at radius 2 is 1.74 bits per heavy atom. The molecule has 19 heavy (non-hydrogen) atoms. The Morgan fingerprint density at radius 3 is 2.16 bits per heavy atom. The molecule has 1 atom stereocenters. The zero-order chi connectivity index (χ0) is 14.8. The maximum atomic E-state index is 13.4. The lowest BCUT2D eigenvalue weighted by atomic mass is 10.1. The fourth-order valence-electron chi connectivity index (χ4n) is 1.44. The van der Waals surface area contributed by atoms with Crippen LogP contribution in [0.25, 0.3) is 0 Å². The van der Waals surface area contributed by atoms with Crippen LogP contribution in [0.1, 0.15) is 10.4 Å². The lowest BCUT2D eigenvalue weighted by Gasteiger charge is -2.24. The van der Waals surface area contributed by atoms with Gasteiger partial charge in [0, 0.05) is 5.56 Å². The Bertz CT molecular complexity index is 455. The molecule has 0 aliphatic rings. The Morgan fingerprint density at radius 1 is 1.16 bits per heavy atom. The van der Waals surface area contributed by atoms with E-state index in [1.807, 2.05) is 0 Å². The van der Waals surface area contributed by atoms with Gasteiger partial charge in [-0.25, -0.2) is 8.78 Å². The van der Waals surface area contributed by atoms with Crippen LogP contribution in [-0.2, 0) is 0 Å². The number of hydrogen-bond donors (Lipinski definition) is 0. The maximum absolute atomic E-state index is 13.4. The molecule has 0 N–H and O–H groups in total. The number of benzene rings is 1. The highest BCUT2D eigenvalue weighted by Gasteiger charge is 2.49. The Kier molecular flexibility index (Phi) is 5.49. The lowest BCUT2D eigenvalue weighted by Crippen LogP contribution is -2.31. The largest absolute Gasteiger partial charge is 0.495 e. The molecule has 1 unspecified atom stereocenters. The molecule has 8 heteroatoms. The highest BCUT2D eigenvalue weighted by atomic mass is 79.9. The molecule has 1 rings (SSSR count). The van der Waals surface area contributed by atoms with Gasteiger partial charge in [-0.3, -0.25) is 0 Å². The first-order valence-electron chi connectivity index (χ1n) is 4.97. The minimum absolute atomic E-state index is 0.0153. The second-order valence-corrected chi connectivity index (χ2v) is 5.25. The van der Waals surface area contributed by atoms with Crippen molar-refractivity contribution in [3.05, 3.63) is 22.2 Å². The van der Waals surface area contributed by atoms with Gasteiger partial charge in [-0.15, -0.1) is 0 Å². The fourth-order valence-corrected chi connectivity index (χ4v) is 2.68. The molecule has 1 aromatic carbocycles. The number of ether oxygens (including phenoxy) is 2. The third-order valence-electron chi connectivity index (χ3n) is 2.42. The van der Waals surface area contributed by atoms with Gasteiger partial charge >= 0.3 is 12.3 Å². The summed E-state index contributed by atoms with van der Waals surface area (Å²) in [6.07, 6.45) is -3.79. The summed E-state index contributed by atoms with van der Waals surface area (Å²) in [5.74, 6) is -3.86. The predicted octanol–water partition coefficient (Wildman–Crippen LogP) is 4.80. The third-order valence-corrected chi connectivity index (χ3v) is 4.27. The van der Waals surface area contributed by atoms with Crippen molar-refractivity contribution in [3.8, 4) is 11.5 Å². The van der Waals surface area contributed by atoms with Gasteiger partial charge in [-0.1, -0.05) is 22.0 Å². The van der Waals surface area contributed by atoms with E-state index in [2.05, 4.69) is 31.9 Å². The van der Waals surface area contributed by atoms with Gasteiger partial charge in [-0.2, -0.15) is 8.78 Å². The van der Waals surface area contributed by atoms with Crippen molar-refractivity contribution < 1.29 is 27.0 Å². The van der Waals surface area contributed by atoms with Crippen molar-refractivity contribution in [2.45, 2.75) is 17.2 Å². The summed E-state index contributed by atoms with van der Waals surface area (Å²) >= 11 is 5.73. The van der Waals surface area contributed by atoms with Gasteiger partial charge < -0.3 is 9.47 Å². The molecule has 0 aromatic heterocycles. The quantitative estimate of drug-likeness (QED) is 0.513. The van der Waals surface area contributed by atoms with Crippen molar-refractivity contribution >= 4 is 31.9 Å². The number of alkyl halides is 5. The zero-order valence-electron chi connectivity index (χ0n) is 9.89. The van der Waals surface area contributed by atoms with Gasteiger partial charge in [0.1, 0.15) is 20.8 Å². The predicted molar refractivity (Wildman–Crippen MR) is 69.9 cm³/mol. The van der Waals surface area contributed by atoms with Gasteiger partial charge in [0.05, 0.1) is 14.2 Å². The molecule has 1 aromatic rings. The highest BCUT2D eigenvalue weighted by molar-refractivity contribution is 9.10. The third kappa shape index (κ3) is 3.16. The second kappa shape index (κ2) is 6.30. The van der Waals surface area contributed by atoms with Gasteiger partial charge in [0.15, 0.2) is 0 Å². The molecule has 0 bridgehead atoms. The number of rotatable bonds is 5. The molecule has 0 radical (unpaired) electrons. The van der Waals surface area contributed by atoms with Gasteiger partial charge in [-0.05, 0) is 22.0 Å². The molecular weight excluding hydrogens is 400 g/mol. The van der Waals surface area contributed by atoms with E-state index in [1.165, 1.54) is 26.4 Å². The topological polar surface area (TPSA) is 18.5 Å². The molecule has 0 aliphatic heterocycles. The molecule has 0 aliphatic carbocycles. The van der Waals surface area contributed by atoms with Crippen molar-refractivity contribution in [2.24, 2.45) is 0 Å². The van der Waals surface area contributed by atoms with E-state index in [0.29, 0.717) is 5.75 Å². The van der Waals surface area contributed by atoms with Crippen LogP contribution < -0.4 is 9.47 Å². The van der Waals surface area contributed by atoms with E-state index in [9.17, 15) is 17.6 Å². The van der Waals surface area contributed by atoms with E-state index in [-0.39, 0.29) is 15.8 Å². The minimum atomic E-state index is -4.22. The molecule has 0 saturated heterocycles. The fraction of sp³-hybridized carbons (Fsp3) is 0.455. The van der Waals surface area contributed by atoms with Crippen molar-refractivity contribution in [1.82, 2.24) is 0 Å². The lowest BCUT2D eigenvalue weighted by molar-refractivity contribution is -0.128. The minimum Gasteiger partial charge on any atom is -0.495 e. The van der Waals surface area contributed by atoms with Crippen LogP contribution >= 0.6 is 31.9 Å². The summed E-state index contributed by atoms with van der Waals surface area (Å²) in [6, 6.07) is 2.63. The first-order valence-corrected chi connectivity index (χ1v) is 6.68. The standard InChI is InChI=1S/C11H10Br2F4O2/c1-18-6-4-3-5(8(19-2)7(6)12)9(13)11(16,17)10(14)15/h3-4,9-10H,1-2H3. The number of methoxy groups -OCH3 is 2. The highest BCUT2D eigenvalue weighted by Crippen LogP contribution is 2.49. The molecule has 0 spiro atoms. The first kappa shape index (κ1) is 16.6. The van der Waals surface area contributed by atoms with Crippen LogP contribution in [0.15, 0.2) is 16.6 Å². The Hall–Kier alpha value is -0.500. The molecule has 2 nitrogen and oxygen atoms in total. The Balaban J connectivity index is 3.32. The second-order valence-electron chi connectivity index (χ2n) is 3.54. The smallest absolute Gasteiger partial charge is 0.323 e. The zero-order valence-corrected chi connectivity index (χ0v) is 13.1. The SMILES string of the molecule is COc1ccc(C(Br)C(F)(F)C(F)F)c(OC)c1Br. The molecule has 108 valence electrons. The summed E-state index contributed by atoms with van der Waals surface area (Å²) in [6.45, 7) is 0. The van der Waals surface area contributed by atoms with Crippen molar-refractivity contribution in [2.75, 3.05) is 14.2 Å². The van der Waals surface area contributed by atoms with E-state index in [0.717, 1.165) is 0 Å². The van der Waals surface area contributed by atoms with Gasteiger partial charge in [0.2, 0.25) is 0 Å². The van der Waals surface area contributed by atoms with Crippen LogP contribution in [0.4, 0.5) is 17.6 Å². The van der Waals surface area contributed by atoms with Crippen LogP contribution in [0.3, 0.4) is 0 Å². The maximum Gasteiger partial charge on any atom is 0.323 e. The van der Waals surface area contributed by atoms with E-state index < -0.39 is 17.2 Å². The Labute approximate surface area is 124 Å². The molecule has 0 fully saturated rings. The summed E-state index contributed by atoms with van der Waals surface area (Å²) in [4.78, 5) is -1.88. The average Bonchev–Trinajstić information content (AvgIpc) is 2.37. The molecule has 0 heterocycles. The van der Waals surface area contributed by atoms with Crippen LogP contribution in [0, 0.1) is 0 Å². The van der Waals surface area contributed by atoms with Crippen molar-refractivity contribution in [3.63, 3.8) is 0 Å². The van der Waals surface area contributed by atoms with Gasteiger partial charge in [0.25, 0.3) is 0 Å². The van der Waals surface area contributed by atoms with Crippen LogP contribution in [0.5, 0.6) is 11.5 Å². The van der Waals surface area contributed by atoms with E-state index in [4.69, 9.17) is 9.47 Å². The van der Waals surface area contributed by atoms with E-state index in [1.54, 1.807) is 0 Å². The normalized spacial score (nSPS) is 13.5. The van der Waals surface area contributed by atoms with Crippen LogP contribution in [-0.4, -0.2) is 26.6 Å². The molecular formula is C11H10Br2F4O2. The molecule has 0 amide bonds. The first-order chi connectivity index (χ1) is 8.77. The number of halogens is 6. The summed E-state index contributed by atoms with van der Waals surface area (Å²) < 4.78 is 61.7. The summed E-state index contributed by atoms with van der Waals surface area (Å²) in [5.41, 5.74) is -0.0968. The molecule has 0 saturated carbocycles. The summed E-state index contributed by atoms with van der Waals surface area (Å²) in [7, 11) is 2.64. The number of hydrogen-bond acceptors (Lipinski definition) is 2.